The average molecular weight is 254 g/mol. The van der Waals surface area contributed by atoms with E-state index < -0.39 is 0 Å². The van der Waals surface area contributed by atoms with Gasteiger partial charge in [-0.2, -0.15) is 0 Å². The summed E-state index contributed by atoms with van der Waals surface area (Å²) in [7, 11) is 5.81. The highest BCUT2D eigenvalue weighted by atomic mass is 31.0. The number of ether oxygens (including phenoxy) is 2. The van der Waals surface area contributed by atoms with E-state index in [4.69, 9.17) is 9.47 Å². The summed E-state index contributed by atoms with van der Waals surface area (Å²) < 4.78 is 10.4. The van der Waals surface area contributed by atoms with Crippen LogP contribution in [0.5, 0.6) is 11.5 Å². The Morgan fingerprint density at radius 1 is 1.29 bits per heavy atom. The van der Waals surface area contributed by atoms with Crippen LogP contribution < -0.4 is 9.47 Å². The van der Waals surface area contributed by atoms with Gasteiger partial charge in [-0.25, -0.2) is 0 Å². The maximum absolute atomic E-state index is 12.1. The molecule has 0 fully saturated rings. The van der Waals surface area contributed by atoms with Gasteiger partial charge in [0.15, 0.2) is 5.78 Å². The van der Waals surface area contributed by atoms with E-state index in [-0.39, 0.29) is 5.78 Å². The van der Waals surface area contributed by atoms with Crippen LogP contribution in [0.3, 0.4) is 0 Å². The fraction of sp³-hybridized carbons (Fsp3) is 0.462. The zero-order chi connectivity index (χ0) is 12.8. The highest BCUT2D eigenvalue weighted by Gasteiger charge is 2.17. The number of hydrogen-bond donors (Lipinski definition) is 0. The van der Waals surface area contributed by atoms with Crippen molar-refractivity contribution in [1.82, 2.24) is 0 Å². The third-order valence-corrected chi connectivity index (χ3v) is 2.87. The number of ketones is 1. The van der Waals surface area contributed by atoms with Gasteiger partial charge in [-0.3, -0.25) is 4.79 Å². The highest BCUT2D eigenvalue weighted by molar-refractivity contribution is 7.17. The number of hydrogen-bond acceptors (Lipinski definition) is 3. The minimum absolute atomic E-state index is 0.0635. The van der Waals surface area contributed by atoms with Crippen molar-refractivity contribution in [3.05, 3.63) is 23.8 Å². The van der Waals surface area contributed by atoms with Crippen LogP contribution in [-0.4, -0.2) is 25.7 Å². The van der Waals surface area contributed by atoms with Crippen LogP contribution in [0.4, 0.5) is 0 Å². The van der Waals surface area contributed by atoms with E-state index >= 15 is 0 Å². The Bertz CT molecular complexity index is 366. The van der Waals surface area contributed by atoms with Crippen LogP contribution in [0.1, 0.15) is 30.1 Å². The van der Waals surface area contributed by atoms with Gasteiger partial charge >= 0.3 is 0 Å². The summed E-state index contributed by atoms with van der Waals surface area (Å²) >= 11 is 0. The molecular weight excluding hydrogens is 235 g/mol. The minimum atomic E-state index is 0.0635. The fourth-order valence-electron chi connectivity index (χ4n) is 1.61. The van der Waals surface area contributed by atoms with Crippen molar-refractivity contribution >= 4 is 15.0 Å². The highest BCUT2D eigenvalue weighted by Crippen LogP contribution is 2.30. The zero-order valence-electron chi connectivity index (χ0n) is 10.5. The van der Waals surface area contributed by atoms with Crippen LogP contribution in [0, 0.1) is 0 Å². The molecule has 2 atom stereocenters. The number of rotatable bonds is 6. The number of benzene rings is 1. The first-order valence-corrected chi connectivity index (χ1v) is 6.26. The van der Waals surface area contributed by atoms with E-state index in [0.29, 0.717) is 29.1 Å². The lowest BCUT2D eigenvalue weighted by atomic mass is 10.0. The molecule has 17 heavy (non-hydrogen) atoms. The molecule has 0 amide bonds. The van der Waals surface area contributed by atoms with Crippen molar-refractivity contribution in [3.63, 3.8) is 0 Å². The topological polar surface area (TPSA) is 35.5 Å². The molecule has 0 aliphatic rings. The molecule has 0 radical (unpaired) electrons. The summed E-state index contributed by atoms with van der Waals surface area (Å²) in [6.45, 7) is 2.07. The molecule has 0 bridgehead atoms. The van der Waals surface area contributed by atoms with Gasteiger partial charge in [-0.05, 0) is 24.2 Å². The Labute approximate surface area is 105 Å². The Hall–Kier alpha value is -1.08. The van der Waals surface area contributed by atoms with E-state index in [1.807, 2.05) is 6.07 Å². The van der Waals surface area contributed by atoms with Crippen molar-refractivity contribution in [1.29, 1.82) is 0 Å². The largest absolute Gasteiger partial charge is 0.496 e. The summed E-state index contributed by atoms with van der Waals surface area (Å²) in [5.74, 6) is 1.21. The quantitative estimate of drug-likeness (QED) is 0.578. The standard InChI is InChI=1S/C13H19O3P/c1-9(17)7-8-10(14)13-11(15-2)5-4-6-12(13)16-3/h4-6,9H,7-8,17H2,1-3H3. The van der Waals surface area contributed by atoms with Gasteiger partial charge in [-0.15, -0.1) is 9.24 Å². The maximum Gasteiger partial charge on any atom is 0.170 e. The van der Waals surface area contributed by atoms with Crippen LogP contribution in [-0.2, 0) is 0 Å². The zero-order valence-corrected chi connectivity index (χ0v) is 11.7. The number of methoxy groups -OCH3 is 2. The molecule has 1 rings (SSSR count). The lowest BCUT2D eigenvalue weighted by molar-refractivity contribution is 0.0974. The molecule has 0 aromatic heterocycles. The predicted octanol–water partition coefficient (Wildman–Crippen LogP) is 2.93. The van der Waals surface area contributed by atoms with E-state index in [0.717, 1.165) is 6.42 Å². The molecule has 3 nitrogen and oxygen atoms in total. The van der Waals surface area contributed by atoms with Gasteiger partial charge in [0, 0.05) is 6.42 Å². The first-order chi connectivity index (χ1) is 8.10. The first kappa shape index (κ1) is 14.0. The molecule has 0 saturated carbocycles. The Kier molecular flexibility index (Phi) is 5.43. The molecule has 1 aromatic rings. The second kappa shape index (κ2) is 6.61. The molecule has 0 heterocycles. The average Bonchev–Trinajstić information content (AvgIpc) is 2.34. The SMILES string of the molecule is COc1cccc(OC)c1C(=O)CCC(C)P. The lowest BCUT2D eigenvalue weighted by Gasteiger charge is -2.12. The van der Waals surface area contributed by atoms with Gasteiger partial charge in [0.2, 0.25) is 0 Å². The van der Waals surface area contributed by atoms with Crippen molar-refractivity contribution in [2.45, 2.75) is 25.4 Å². The predicted molar refractivity (Wildman–Crippen MR) is 72.3 cm³/mol. The second-order valence-corrected chi connectivity index (χ2v) is 5.11. The summed E-state index contributed by atoms with van der Waals surface area (Å²) in [5.41, 5.74) is 0.975. The smallest absolute Gasteiger partial charge is 0.170 e. The number of Topliss-reactive ketones (excluding diaryl/α,β-unsaturated/α-hetero) is 1. The summed E-state index contributed by atoms with van der Waals surface area (Å²) in [5, 5.41) is 0. The molecule has 2 unspecified atom stereocenters. The van der Waals surface area contributed by atoms with Crippen LogP contribution in [0.25, 0.3) is 0 Å². The van der Waals surface area contributed by atoms with Crippen molar-refractivity contribution in [2.24, 2.45) is 0 Å². The Morgan fingerprint density at radius 3 is 2.24 bits per heavy atom. The van der Waals surface area contributed by atoms with Crippen molar-refractivity contribution < 1.29 is 14.3 Å². The normalized spacial score (nSPS) is 12.0. The maximum atomic E-state index is 12.1. The third kappa shape index (κ3) is 3.71. The fourth-order valence-corrected chi connectivity index (χ4v) is 1.78. The lowest BCUT2D eigenvalue weighted by Crippen LogP contribution is -2.06. The van der Waals surface area contributed by atoms with E-state index in [9.17, 15) is 4.79 Å². The molecule has 0 aliphatic carbocycles. The van der Waals surface area contributed by atoms with Gasteiger partial charge < -0.3 is 9.47 Å². The summed E-state index contributed by atoms with van der Waals surface area (Å²) in [6, 6.07) is 5.37. The monoisotopic (exact) mass is 254 g/mol. The third-order valence-electron chi connectivity index (χ3n) is 2.53. The molecule has 0 saturated heterocycles. The van der Waals surface area contributed by atoms with Gasteiger partial charge in [-0.1, -0.05) is 13.0 Å². The first-order valence-electron chi connectivity index (χ1n) is 5.60. The number of carbonyl (C=O) groups is 1. The van der Waals surface area contributed by atoms with Crippen molar-refractivity contribution in [2.75, 3.05) is 14.2 Å². The van der Waals surface area contributed by atoms with Crippen LogP contribution >= 0.6 is 9.24 Å². The molecular formula is C13H19O3P. The second-order valence-electron chi connectivity index (χ2n) is 3.98. The Balaban J connectivity index is 2.97. The Morgan fingerprint density at radius 2 is 1.82 bits per heavy atom. The molecule has 4 heteroatoms. The number of carbonyl (C=O) groups excluding carboxylic acids is 1. The summed E-state index contributed by atoms with van der Waals surface area (Å²) in [6.07, 6.45) is 1.34. The van der Waals surface area contributed by atoms with Crippen LogP contribution in [0.2, 0.25) is 0 Å². The molecule has 94 valence electrons. The van der Waals surface area contributed by atoms with E-state index in [1.54, 1.807) is 26.4 Å². The van der Waals surface area contributed by atoms with E-state index in [1.165, 1.54) is 0 Å². The minimum Gasteiger partial charge on any atom is -0.496 e. The molecule has 0 N–H and O–H groups in total. The van der Waals surface area contributed by atoms with Crippen molar-refractivity contribution in [3.8, 4) is 11.5 Å². The van der Waals surface area contributed by atoms with E-state index in [2.05, 4.69) is 16.2 Å². The molecule has 0 aliphatic heterocycles. The van der Waals surface area contributed by atoms with Gasteiger partial charge in [0.25, 0.3) is 0 Å². The van der Waals surface area contributed by atoms with Gasteiger partial charge in [0.05, 0.1) is 14.2 Å². The van der Waals surface area contributed by atoms with Crippen LogP contribution in [0.15, 0.2) is 18.2 Å². The molecule has 0 spiro atoms. The molecule has 1 aromatic carbocycles. The van der Waals surface area contributed by atoms with Gasteiger partial charge in [0.1, 0.15) is 17.1 Å². The summed E-state index contributed by atoms with van der Waals surface area (Å²) in [4.78, 5) is 12.1.